The predicted octanol–water partition coefficient (Wildman–Crippen LogP) is 5.60. The van der Waals surface area contributed by atoms with E-state index < -0.39 is 28.5 Å². The monoisotopic (exact) mass is 643 g/mol. The molecule has 10 heteroatoms. The predicted molar refractivity (Wildman–Crippen MR) is 166 cm³/mol. The summed E-state index contributed by atoms with van der Waals surface area (Å²) < 4.78 is 35.6. The molecule has 0 radical (unpaired) electrons. The number of anilines is 1. The van der Waals surface area contributed by atoms with E-state index in [-0.39, 0.29) is 23.0 Å². The Labute approximate surface area is 251 Å². The van der Waals surface area contributed by atoms with Crippen molar-refractivity contribution in [3.05, 3.63) is 87.9 Å². The average Bonchev–Trinajstić information content (AvgIpc) is 2.94. The highest BCUT2D eigenvalue weighted by molar-refractivity contribution is 9.10. The number of ether oxygens (including phenoxy) is 1. The number of unbranched alkanes of at least 4 members (excludes halogenated alkanes) is 1. The molecule has 0 spiro atoms. The standard InChI is InChI=1S/C31H38BrN3O5S/c1-6-7-17-33-31(37)24(4)34(20-25-9-8-10-26(32)19-25)30(36)21-35(28-18-23(3)13-16-29(28)40-5)41(38,39)27-14-11-22(2)12-15-27/h8-16,18-19,24H,6-7,17,20-21H2,1-5H3,(H,33,37)/t24-/m0/s1. The SMILES string of the molecule is CCCCNC(=O)[C@H](C)N(Cc1cccc(Br)c1)C(=O)CN(c1cc(C)ccc1OC)S(=O)(=O)c1ccc(C)cc1. The van der Waals surface area contributed by atoms with Gasteiger partial charge in [0.25, 0.3) is 10.0 Å². The Morgan fingerprint density at radius 3 is 2.32 bits per heavy atom. The lowest BCUT2D eigenvalue weighted by molar-refractivity contribution is -0.139. The van der Waals surface area contributed by atoms with E-state index in [1.54, 1.807) is 31.2 Å². The van der Waals surface area contributed by atoms with Gasteiger partial charge >= 0.3 is 0 Å². The number of carbonyl (C=O) groups is 2. The molecule has 8 nitrogen and oxygen atoms in total. The molecule has 0 heterocycles. The van der Waals surface area contributed by atoms with Gasteiger partial charge in [-0.2, -0.15) is 0 Å². The second-order valence-electron chi connectivity index (χ2n) is 9.97. The van der Waals surface area contributed by atoms with Gasteiger partial charge in [0.05, 0.1) is 17.7 Å². The molecule has 0 aliphatic rings. The number of amides is 2. The molecule has 3 aromatic carbocycles. The van der Waals surface area contributed by atoms with Gasteiger partial charge in [-0.25, -0.2) is 8.42 Å². The molecule has 41 heavy (non-hydrogen) atoms. The minimum Gasteiger partial charge on any atom is -0.495 e. The zero-order valence-electron chi connectivity index (χ0n) is 24.2. The van der Waals surface area contributed by atoms with Crippen molar-refractivity contribution in [2.24, 2.45) is 0 Å². The van der Waals surface area contributed by atoms with Gasteiger partial charge in [-0.05, 0) is 74.7 Å². The van der Waals surface area contributed by atoms with Crippen LogP contribution in [0.2, 0.25) is 0 Å². The third-order valence-corrected chi connectivity index (χ3v) is 9.00. The first kappa shape index (κ1) is 32.1. The number of methoxy groups -OCH3 is 1. The number of nitrogens with zero attached hydrogens (tertiary/aromatic N) is 2. The molecule has 0 saturated carbocycles. The van der Waals surface area contributed by atoms with Gasteiger partial charge in [0, 0.05) is 17.6 Å². The summed E-state index contributed by atoms with van der Waals surface area (Å²) in [6.07, 6.45) is 1.73. The van der Waals surface area contributed by atoms with Crippen LogP contribution in [0, 0.1) is 13.8 Å². The number of hydrogen-bond donors (Lipinski definition) is 1. The Hall–Kier alpha value is -3.37. The van der Waals surface area contributed by atoms with Gasteiger partial charge in [0.15, 0.2) is 0 Å². The summed E-state index contributed by atoms with van der Waals surface area (Å²) in [4.78, 5) is 28.7. The van der Waals surface area contributed by atoms with Crippen LogP contribution in [0.4, 0.5) is 5.69 Å². The van der Waals surface area contributed by atoms with E-state index in [9.17, 15) is 18.0 Å². The highest BCUT2D eigenvalue weighted by Gasteiger charge is 2.34. The van der Waals surface area contributed by atoms with Gasteiger partial charge in [-0.1, -0.05) is 65.2 Å². The van der Waals surface area contributed by atoms with E-state index in [0.29, 0.717) is 12.3 Å². The molecule has 3 aromatic rings. The summed E-state index contributed by atoms with van der Waals surface area (Å²) >= 11 is 3.46. The number of sulfonamides is 1. The van der Waals surface area contributed by atoms with Crippen molar-refractivity contribution >= 4 is 43.5 Å². The molecule has 0 saturated heterocycles. The van der Waals surface area contributed by atoms with E-state index in [4.69, 9.17) is 4.74 Å². The second kappa shape index (κ2) is 14.5. The first-order chi connectivity index (χ1) is 19.5. The Bertz CT molecular complexity index is 1460. The Morgan fingerprint density at radius 1 is 1.00 bits per heavy atom. The molecule has 0 unspecified atom stereocenters. The lowest BCUT2D eigenvalue weighted by Gasteiger charge is -2.32. The normalized spacial score (nSPS) is 12.0. The second-order valence-corrected chi connectivity index (χ2v) is 12.8. The van der Waals surface area contributed by atoms with Crippen LogP contribution in [-0.4, -0.2) is 51.4 Å². The minimum absolute atomic E-state index is 0.0448. The third kappa shape index (κ3) is 8.33. The van der Waals surface area contributed by atoms with Crippen molar-refractivity contribution in [2.45, 2.75) is 58.0 Å². The number of benzene rings is 3. The summed E-state index contributed by atoms with van der Waals surface area (Å²) in [7, 11) is -2.74. The number of carbonyl (C=O) groups excluding carboxylic acids is 2. The Morgan fingerprint density at radius 2 is 1.68 bits per heavy atom. The van der Waals surface area contributed by atoms with Gasteiger partial charge in [-0.3, -0.25) is 13.9 Å². The van der Waals surface area contributed by atoms with Crippen molar-refractivity contribution in [2.75, 3.05) is 24.5 Å². The van der Waals surface area contributed by atoms with Crippen LogP contribution in [0.25, 0.3) is 0 Å². The van der Waals surface area contributed by atoms with Gasteiger partial charge in [0.2, 0.25) is 11.8 Å². The van der Waals surface area contributed by atoms with Crippen molar-refractivity contribution in [1.29, 1.82) is 0 Å². The topological polar surface area (TPSA) is 96.0 Å². The highest BCUT2D eigenvalue weighted by Crippen LogP contribution is 2.34. The van der Waals surface area contributed by atoms with Crippen molar-refractivity contribution in [3.8, 4) is 5.75 Å². The maximum Gasteiger partial charge on any atom is 0.264 e. The maximum absolute atomic E-state index is 14.1. The minimum atomic E-state index is -4.19. The van der Waals surface area contributed by atoms with Crippen LogP contribution >= 0.6 is 15.9 Å². The highest BCUT2D eigenvalue weighted by atomic mass is 79.9. The summed E-state index contributed by atoms with van der Waals surface area (Å²) in [5.41, 5.74) is 2.74. The van der Waals surface area contributed by atoms with Crippen LogP contribution in [0.3, 0.4) is 0 Å². The fourth-order valence-corrected chi connectivity index (χ4v) is 6.16. The van der Waals surface area contributed by atoms with Crippen LogP contribution in [-0.2, 0) is 26.2 Å². The van der Waals surface area contributed by atoms with Crippen LogP contribution in [0.1, 0.15) is 43.4 Å². The zero-order valence-corrected chi connectivity index (χ0v) is 26.6. The quantitative estimate of drug-likeness (QED) is 0.245. The lowest BCUT2D eigenvalue weighted by atomic mass is 10.1. The number of aryl methyl sites for hydroxylation is 2. The Kier molecular flexibility index (Phi) is 11.4. The molecule has 0 aliphatic carbocycles. The van der Waals surface area contributed by atoms with Crippen molar-refractivity contribution in [3.63, 3.8) is 0 Å². The largest absolute Gasteiger partial charge is 0.495 e. The molecule has 1 N–H and O–H groups in total. The summed E-state index contributed by atoms with van der Waals surface area (Å²) in [5, 5.41) is 2.89. The van der Waals surface area contributed by atoms with Crippen LogP contribution < -0.4 is 14.4 Å². The van der Waals surface area contributed by atoms with E-state index in [1.807, 2.05) is 51.1 Å². The van der Waals surface area contributed by atoms with Crippen LogP contribution in [0.5, 0.6) is 5.75 Å². The molecule has 3 rings (SSSR count). The molecule has 0 bridgehead atoms. The Balaban J connectivity index is 2.07. The number of rotatable bonds is 13. The van der Waals surface area contributed by atoms with Crippen molar-refractivity contribution in [1.82, 2.24) is 10.2 Å². The van der Waals surface area contributed by atoms with E-state index in [0.717, 1.165) is 38.3 Å². The maximum atomic E-state index is 14.1. The van der Waals surface area contributed by atoms with E-state index in [2.05, 4.69) is 21.2 Å². The molecular weight excluding hydrogens is 606 g/mol. The molecule has 0 aliphatic heterocycles. The first-order valence-corrected chi connectivity index (χ1v) is 15.8. The molecule has 2 amide bonds. The fourth-order valence-electron chi connectivity index (χ4n) is 4.30. The summed E-state index contributed by atoms with van der Waals surface area (Å²) in [6, 6.07) is 18.2. The van der Waals surface area contributed by atoms with E-state index in [1.165, 1.54) is 24.1 Å². The smallest absolute Gasteiger partial charge is 0.264 e. The van der Waals surface area contributed by atoms with Gasteiger partial charge < -0.3 is 15.0 Å². The zero-order chi connectivity index (χ0) is 30.2. The van der Waals surface area contributed by atoms with Gasteiger partial charge in [0.1, 0.15) is 18.3 Å². The van der Waals surface area contributed by atoms with Crippen molar-refractivity contribution < 1.29 is 22.7 Å². The van der Waals surface area contributed by atoms with Crippen LogP contribution in [0.15, 0.2) is 76.1 Å². The number of hydrogen-bond acceptors (Lipinski definition) is 5. The van der Waals surface area contributed by atoms with E-state index >= 15 is 0 Å². The summed E-state index contributed by atoms with van der Waals surface area (Å²) in [6.45, 7) is 7.47. The molecular formula is C31H38BrN3O5S. The molecule has 0 fully saturated rings. The van der Waals surface area contributed by atoms with Gasteiger partial charge in [-0.15, -0.1) is 0 Å². The molecule has 0 aromatic heterocycles. The average molecular weight is 645 g/mol. The number of nitrogens with one attached hydrogen (secondary N) is 1. The number of halogens is 1. The fraction of sp³-hybridized carbons (Fsp3) is 0.355. The first-order valence-electron chi connectivity index (χ1n) is 13.5. The summed E-state index contributed by atoms with van der Waals surface area (Å²) in [5.74, 6) is -0.520. The third-order valence-electron chi connectivity index (χ3n) is 6.73. The molecule has 1 atom stereocenters. The lowest BCUT2D eigenvalue weighted by Crippen LogP contribution is -2.51. The molecule has 220 valence electrons.